The van der Waals surface area contributed by atoms with Crippen LogP contribution in [-0.2, 0) is 0 Å². The van der Waals surface area contributed by atoms with Gasteiger partial charge in [0.05, 0.1) is 16.5 Å². The molecule has 1 aromatic carbocycles. The van der Waals surface area contributed by atoms with E-state index in [1.807, 2.05) is 13.8 Å². The van der Waals surface area contributed by atoms with Crippen LogP contribution >= 0.6 is 0 Å². The van der Waals surface area contributed by atoms with Crippen molar-refractivity contribution in [3.63, 3.8) is 0 Å². The Hall–Kier alpha value is -2.10. The van der Waals surface area contributed by atoms with Crippen LogP contribution in [0.2, 0.25) is 0 Å². The maximum Gasteiger partial charge on any atom is 0.249 e. The molecule has 4 nitrogen and oxygen atoms in total. The molecule has 0 fully saturated rings. The number of carbonyl (C=O) groups is 1. The lowest BCUT2D eigenvalue weighted by atomic mass is 10.0. The van der Waals surface area contributed by atoms with Crippen molar-refractivity contribution in [3.05, 3.63) is 45.7 Å². The Bertz CT molecular complexity index is 641. The topological polar surface area (TPSA) is 76.0 Å². The highest BCUT2D eigenvalue weighted by Crippen LogP contribution is 2.17. The molecule has 1 heterocycles. The van der Waals surface area contributed by atoms with Gasteiger partial charge in [0.2, 0.25) is 5.91 Å². The first-order chi connectivity index (χ1) is 8.00. The number of nitrogens with one attached hydrogen (secondary N) is 1. The van der Waals surface area contributed by atoms with Gasteiger partial charge in [-0.15, -0.1) is 0 Å². The second kappa shape index (κ2) is 4.05. The summed E-state index contributed by atoms with van der Waals surface area (Å²) in [5.74, 6) is -0.359. The predicted octanol–water partition coefficient (Wildman–Crippen LogP) is 1.75. The molecule has 2 aromatic rings. The predicted molar refractivity (Wildman–Crippen MR) is 67.2 cm³/mol. The molecule has 17 heavy (non-hydrogen) atoms. The van der Waals surface area contributed by atoms with Crippen LogP contribution in [0.3, 0.4) is 0 Å². The fourth-order valence-corrected chi connectivity index (χ4v) is 1.84. The molecule has 88 valence electrons. The molecule has 0 aliphatic heterocycles. The highest BCUT2D eigenvalue weighted by atomic mass is 16.1. The summed E-state index contributed by atoms with van der Waals surface area (Å²) >= 11 is 0. The van der Waals surface area contributed by atoms with E-state index in [0.717, 1.165) is 5.69 Å². The second-order valence-corrected chi connectivity index (χ2v) is 4.34. The number of H-pyrrole nitrogens is 1. The fourth-order valence-electron chi connectivity index (χ4n) is 1.84. The van der Waals surface area contributed by atoms with Crippen LogP contribution in [0.15, 0.2) is 29.1 Å². The number of carbonyl (C=O) groups excluding carboxylic acids is 1. The molecule has 4 heteroatoms. The van der Waals surface area contributed by atoms with Gasteiger partial charge < -0.3 is 10.7 Å². The SMILES string of the molecule is CC(C)c1cc(=O)c2c(C(N)=O)cccc2[nH]1. The summed E-state index contributed by atoms with van der Waals surface area (Å²) in [5, 5.41) is 0.365. The summed E-state index contributed by atoms with van der Waals surface area (Å²) < 4.78 is 0. The Morgan fingerprint density at radius 1 is 1.35 bits per heavy atom. The van der Waals surface area contributed by atoms with E-state index >= 15 is 0 Å². The summed E-state index contributed by atoms with van der Waals surface area (Å²) in [6.45, 7) is 3.99. The summed E-state index contributed by atoms with van der Waals surface area (Å²) in [6, 6.07) is 6.58. The van der Waals surface area contributed by atoms with Gasteiger partial charge in [-0.25, -0.2) is 0 Å². The van der Waals surface area contributed by atoms with Crippen molar-refractivity contribution < 1.29 is 4.79 Å². The van der Waals surface area contributed by atoms with Crippen LogP contribution in [-0.4, -0.2) is 10.9 Å². The van der Waals surface area contributed by atoms with Gasteiger partial charge in [-0.2, -0.15) is 0 Å². The Balaban J connectivity index is 2.86. The quantitative estimate of drug-likeness (QED) is 0.824. The minimum absolute atomic E-state index is 0.170. The Morgan fingerprint density at radius 2 is 2.06 bits per heavy atom. The molecular weight excluding hydrogens is 216 g/mol. The molecule has 0 unspecified atom stereocenters. The van der Waals surface area contributed by atoms with Gasteiger partial charge in [-0.05, 0) is 18.1 Å². The standard InChI is InChI=1S/C13H14N2O2/c1-7(2)10-6-11(16)12-8(13(14)17)4-3-5-9(12)15-10/h3-7H,1-2H3,(H2,14,17)(H,15,16). The van der Waals surface area contributed by atoms with Crippen molar-refractivity contribution in [2.45, 2.75) is 19.8 Å². The highest BCUT2D eigenvalue weighted by Gasteiger charge is 2.11. The second-order valence-electron chi connectivity index (χ2n) is 4.34. The van der Waals surface area contributed by atoms with Crippen molar-refractivity contribution in [3.8, 4) is 0 Å². The maximum atomic E-state index is 12.0. The van der Waals surface area contributed by atoms with E-state index in [1.165, 1.54) is 6.07 Å². The van der Waals surface area contributed by atoms with Crippen LogP contribution < -0.4 is 11.2 Å². The zero-order chi connectivity index (χ0) is 12.6. The smallest absolute Gasteiger partial charge is 0.249 e. The van der Waals surface area contributed by atoms with Gasteiger partial charge in [0.15, 0.2) is 5.43 Å². The van der Waals surface area contributed by atoms with Gasteiger partial charge in [-0.1, -0.05) is 19.9 Å². The van der Waals surface area contributed by atoms with Gasteiger partial charge in [-0.3, -0.25) is 9.59 Å². The molecule has 0 atom stereocenters. The van der Waals surface area contributed by atoms with Crippen LogP contribution in [0, 0.1) is 0 Å². The van der Waals surface area contributed by atoms with E-state index in [2.05, 4.69) is 4.98 Å². The number of amides is 1. The van der Waals surface area contributed by atoms with Crippen molar-refractivity contribution >= 4 is 16.8 Å². The number of rotatable bonds is 2. The number of nitrogens with two attached hydrogens (primary N) is 1. The third-order valence-electron chi connectivity index (χ3n) is 2.76. The summed E-state index contributed by atoms with van der Waals surface area (Å²) in [7, 11) is 0. The average Bonchev–Trinajstić information content (AvgIpc) is 2.27. The molecule has 1 amide bonds. The number of benzene rings is 1. The third kappa shape index (κ3) is 1.93. The number of aromatic amines is 1. The normalized spacial score (nSPS) is 11.0. The van der Waals surface area contributed by atoms with E-state index < -0.39 is 5.91 Å². The molecule has 1 aromatic heterocycles. The molecule has 0 saturated carbocycles. The van der Waals surface area contributed by atoms with E-state index in [-0.39, 0.29) is 16.9 Å². The van der Waals surface area contributed by atoms with Crippen molar-refractivity contribution in [1.82, 2.24) is 4.98 Å². The van der Waals surface area contributed by atoms with Crippen LogP contribution in [0.4, 0.5) is 0 Å². The number of hydrogen-bond acceptors (Lipinski definition) is 2. The molecular formula is C13H14N2O2. The molecule has 0 saturated heterocycles. The monoisotopic (exact) mass is 230 g/mol. The molecule has 0 spiro atoms. The summed E-state index contributed by atoms with van der Waals surface area (Å²) in [4.78, 5) is 26.4. The summed E-state index contributed by atoms with van der Waals surface area (Å²) in [6.07, 6.45) is 0. The van der Waals surface area contributed by atoms with E-state index in [1.54, 1.807) is 18.2 Å². The number of hydrogen-bond donors (Lipinski definition) is 2. The van der Waals surface area contributed by atoms with E-state index in [9.17, 15) is 9.59 Å². The van der Waals surface area contributed by atoms with E-state index in [0.29, 0.717) is 10.9 Å². The minimum Gasteiger partial charge on any atom is -0.366 e. The molecule has 2 rings (SSSR count). The third-order valence-corrected chi connectivity index (χ3v) is 2.76. The maximum absolute atomic E-state index is 12.0. The molecule has 0 bridgehead atoms. The largest absolute Gasteiger partial charge is 0.366 e. The van der Waals surface area contributed by atoms with Crippen molar-refractivity contribution in [1.29, 1.82) is 0 Å². The lowest BCUT2D eigenvalue weighted by Gasteiger charge is -2.08. The lowest BCUT2D eigenvalue weighted by Crippen LogP contribution is -2.16. The van der Waals surface area contributed by atoms with Crippen LogP contribution in [0.1, 0.15) is 35.8 Å². The van der Waals surface area contributed by atoms with Crippen LogP contribution in [0.25, 0.3) is 10.9 Å². The Morgan fingerprint density at radius 3 is 2.65 bits per heavy atom. The molecule has 3 N–H and O–H groups in total. The average molecular weight is 230 g/mol. The number of fused-ring (bicyclic) bond motifs is 1. The van der Waals surface area contributed by atoms with Gasteiger partial charge in [0.25, 0.3) is 0 Å². The van der Waals surface area contributed by atoms with Gasteiger partial charge in [0, 0.05) is 11.8 Å². The minimum atomic E-state index is -0.585. The van der Waals surface area contributed by atoms with Gasteiger partial charge >= 0.3 is 0 Å². The molecule has 0 aliphatic rings. The van der Waals surface area contributed by atoms with E-state index in [4.69, 9.17) is 5.73 Å². The number of pyridine rings is 1. The van der Waals surface area contributed by atoms with Crippen LogP contribution in [0.5, 0.6) is 0 Å². The lowest BCUT2D eigenvalue weighted by molar-refractivity contribution is 0.100. The first-order valence-corrected chi connectivity index (χ1v) is 5.46. The first-order valence-electron chi connectivity index (χ1n) is 5.46. The zero-order valence-corrected chi connectivity index (χ0v) is 9.78. The van der Waals surface area contributed by atoms with Crippen molar-refractivity contribution in [2.24, 2.45) is 5.73 Å². The van der Waals surface area contributed by atoms with Crippen molar-refractivity contribution in [2.75, 3.05) is 0 Å². The zero-order valence-electron chi connectivity index (χ0n) is 9.78. The molecule has 0 aliphatic carbocycles. The number of aromatic nitrogens is 1. The van der Waals surface area contributed by atoms with Gasteiger partial charge in [0.1, 0.15) is 0 Å². The highest BCUT2D eigenvalue weighted by molar-refractivity contribution is 6.05. The summed E-state index contributed by atoms with van der Waals surface area (Å²) in [5.41, 5.74) is 6.85. The molecule has 0 radical (unpaired) electrons. The fraction of sp³-hybridized carbons (Fsp3) is 0.231. The number of primary amides is 1. The Kier molecular flexibility index (Phi) is 2.71. The Labute approximate surface area is 98.5 Å². The first kappa shape index (κ1) is 11.4.